The van der Waals surface area contributed by atoms with Crippen molar-refractivity contribution in [3.05, 3.63) is 47.0 Å². The summed E-state index contributed by atoms with van der Waals surface area (Å²) in [6, 6.07) is 9.91. The molecule has 3 rings (SSSR count). The lowest BCUT2D eigenvalue weighted by molar-refractivity contribution is 0.281. The first kappa shape index (κ1) is 20.8. The zero-order valence-electron chi connectivity index (χ0n) is 16.9. The lowest BCUT2D eigenvalue weighted by Crippen LogP contribution is -2.33. The van der Waals surface area contributed by atoms with E-state index in [1.807, 2.05) is 30.3 Å². The van der Waals surface area contributed by atoms with Gasteiger partial charge in [0.1, 0.15) is 11.5 Å². The summed E-state index contributed by atoms with van der Waals surface area (Å²) in [7, 11) is -3.48. The number of hydrogen-bond acceptors (Lipinski definition) is 4. The topological polar surface area (TPSA) is 76.0 Å². The Bertz CT molecular complexity index is 918. The lowest BCUT2D eigenvalue weighted by atomic mass is 9.90. The molecule has 0 atom stereocenters. The van der Waals surface area contributed by atoms with Crippen LogP contribution in [0.2, 0.25) is 0 Å². The third-order valence-electron chi connectivity index (χ3n) is 4.92. The van der Waals surface area contributed by atoms with Crippen LogP contribution in [0.25, 0.3) is 11.1 Å². The van der Waals surface area contributed by atoms with Crippen molar-refractivity contribution >= 4 is 9.35 Å². The molecule has 28 heavy (non-hydrogen) atoms. The van der Waals surface area contributed by atoms with Gasteiger partial charge in [0, 0.05) is 30.2 Å². The monoisotopic (exact) mass is 406 g/mol. The molecule has 1 aliphatic heterocycles. The Hall–Kier alpha value is -1.89. The van der Waals surface area contributed by atoms with E-state index in [0.717, 1.165) is 35.5 Å². The highest BCUT2D eigenvalue weighted by Crippen LogP contribution is 2.40. The molecule has 2 N–H and O–H groups in total. The van der Waals surface area contributed by atoms with Gasteiger partial charge in [0.25, 0.3) is 0 Å². The van der Waals surface area contributed by atoms with E-state index < -0.39 is 9.35 Å². The summed E-state index contributed by atoms with van der Waals surface area (Å²) in [6.45, 7) is 3.10. The van der Waals surface area contributed by atoms with Gasteiger partial charge in [-0.25, -0.2) is 4.21 Å². The van der Waals surface area contributed by atoms with Crippen molar-refractivity contribution in [2.45, 2.75) is 32.8 Å². The molecular weight excluding hydrogens is 376 g/mol. The van der Waals surface area contributed by atoms with Gasteiger partial charge >= 0.3 is 0 Å². The molecule has 0 aliphatic carbocycles. The van der Waals surface area contributed by atoms with Crippen molar-refractivity contribution in [2.75, 3.05) is 31.5 Å². The van der Waals surface area contributed by atoms with Crippen LogP contribution in [0.1, 0.15) is 30.0 Å². The van der Waals surface area contributed by atoms with Crippen LogP contribution in [0, 0.1) is 0 Å². The average Bonchev–Trinajstić information content (AvgIpc) is 2.81. The maximum absolute atomic E-state index is 12.0. The Morgan fingerprint density at radius 2 is 2.00 bits per heavy atom. The Labute approximate surface area is 166 Å². The number of benzene rings is 2. The molecule has 154 valence electrons. The van der Waals surface area contributed by atoms with Gasteiger partial charge in [-0.1, -0.05) is 13.0 Å². The van der Waals surface area contributed by atoms with Gasteiger partial charge in [-0.2, -0.15) is 9.35 Å². The molecule has 2 aromatic rings. The van der Waals surface area contributed by atoms with Crippen LogP contribution in [0.5, 0.6) is 11.5 Å². The van der Waals surface area contributed by atoms with Crippen LogP contribution in [-0.4, -0.2) is 45.3 Å². The molecule has 0 saturated heterocycles. The first-order chi connectivity index (χ1) is 13.2. The number of aliphatic hydroxyl groups excluding tert-OH is 1. The van der Waals surface area contributed by atoms with Crippen molar-refractivity contribution in [1.82, 2.24) is 0 Å². The minimum Gasteiger partial charge on any atom is -0.494 e. The van der Waals surface area contributed by atoms with E-state index in [4.69, 9.17) is 9.47 Å². The third-order valence-corrected chi connectivity index (χ3v) is 6.38. The number of fused-ring (bicyclic) bond motifs is 3. The molecule has 0 fully saturated rings. The minimum absolute atomic E-state index is 0.00469. The summed E-state index contributed by atoms with van der Waals surface area (Å²) in [5.74, 6) is 1.86. The molecule has 2 aromatic carbocycles. The second-order valence-electron chi connectivity index (χ2n) is 7.97. The van der Waals surface area contributed by atoms with Crippen LogP contribution in [0.4, 0.5) is 0 Å². The molecule has 0 amide bonds. The molecule has 0 saturated carbocycles. The fourth-order valence-corrected chi connectivity index (χ4v) is 4.51. The van der Waals surface area contributed by atoms with Crippen molar-refractivity contribution < 1.29 is 23.3 Å². The van der Waals surface area contributed by atoms with Gasteiger partial charge in [-0.05, 0) is 59.4 Å². The van der Waals surface area contributed by atoms with E-state index in [9.17, 15) is 13.9 Å². The predicted molar refractivity (Wildman–Crippen MR) is 114 cm³/mol. The number of hydrogen-bond donors (Lipinski definition) is 2. The largest absolute Gasteiger partial charge is 0.494 e. The molecule has 1 aliphatic rings. The molecule has 0 bridgehead atoms. The normalized spacial score (nSPS) is 14.8. The number of aliphatic hydroxyl groups is 1. The quantitative estimate of drug-likeness (QED) is 0.686. The second-order valence-corrected chi connectivity index (χ2v) is 12.4. The average molecular weight is 407 g/mol. The third kappa shape index (κ3) is 5.13. The molecule has 1 heterocycles. The summed E-state index contributed by atoms with van der Waals surface area (Å²) >= 11 is 0. The van der Waals surface area contributed by atoms with Crippen LogP contribution < -0.4 is 9.47 Å². The molecule has 0 aromatic heterocycles. The van der Waals surface area contributed by atoms with Gasteiger partial charge < -0.3 is 19.1 Å². The van der Waals surface area contributed by atoms with Gasteiger partial charge in [0.05, 0.1) is 19.8 Å². The van der Waals surface area contributed by atoms with Crippen LogP contribution in [0.3, 0.4) is 0 Å². The van der Waals surface area contributed by atoms with Crippen molar-refractivity contribution in [3.8, 4) is 22.6 Å². The van der Waals surface area contributed by atoms with E-state index in [-0.39, 0.29) is 12.4 Å². The van der Waals surface area contributed by atoms with Crippen LogP contribution in [-0.2, 0) is 28.8 Å². The summed E-state index contributed by atoms with van der Waals surface area (Å²) in [5.41, 5.74) is 5.38. The summed E-state index contributed by atoms with van der Waals surface area (Å²) in [6.07, 6.45) is 4.94. The van der Waals surface area contributed by atoms with Gasteiger partial charge in [-0.3, -0.25) is 0 Å². The number of rotatable bonds is 7. The van der Waals surface area contributed by atoms with Gasteiger partial charge in [-0.15, -0.1) is 0 Å². The van der Waals surface area contributed by atoms with E-state index in [1.165, 1.54) is 29.2 Å². The molecule has 0 unspecified atom stereocenters. The molecule has 5 nitrogen and oxygen atoms in total. The fourth-order valence-electron chi connectivity index (χ4n) is 3.57. The molecular formula is C22H30O5S. The summed E-state index contributed by atoms with van der Waals surface area (Å²) < 4.78 is 33.7. The number of ether oxygens (including phenoxy) is 2. The zero-order valence-corrected chi connectivity index (χ0v) is 17.7. The van der Waals surface area contributed by atoms with E-state index >= 15 is 0 Å². The van der Waals surface area contributed by atoms with Crippen molar-refractivity contribution in [2.24, 2.45) is 0 Å². The smallest absolute Gasteiger partial charge is 0.127 e. The molecule has 6 heteroatoms. The lowest BCUT2D eigenvalue weighted by Gasteiger charge is -2.33. The Balaban J connectivity index is 1.89. The van der Waals surface area contributed by atoms with Crippen LogP contribution in [0.15, 0.2) is 30.3 Å². The fraction of sp³-hybridized carbons (Fsp3) is 0.455. The van der Waals surface area contributed by atoms with E-state index in [0.29, 0.717) is 19.6 Å². The van der Waals surface area contributed by atoms with E-state index in [2.05, 4.69) is 6.92 Å². The minimum atomic E-state index is -3.48. The first-order valence-corrected chi connectivity index (χ1v) is 12.6. The van der Waals surface area contributed by atoms with E-state index in [1.54, 1.807) is 0 Å². The highest BCUT2D eigenvalue weighted by atomic mass is 32.3. The maximum atomic E-state index is 12.0. The highest BCUT2D eigenvalue weighted by Gasteiger charge is 2.20. The highest BCUT2D eigenvalue weighted by molar-refractivity contribution is 8.13. The van der Waals surface area contributed by atoms with Crippen LogP contribution >= 0.6 is 0 Å². The maximum Gasteiger partial charge on any atom is 0.127 e. The Morgan fingerprint density at radius 3 is 2.68 bits per heavy atom. The van der Waals surface area contributed by atoms with Gasteiger partial charge in [0.2, 0.25) is 0 Å². The second kappa shape index (κ2) is 7.85. The summed E-state index contributed by atoms with van der Waals surface area (Å²) in [4.78, 5) is 0. The standard InChI is InChI=1S/C22H30O5S/c1-4-17-13-19(26-9-5-11-28(2,3,24)25)14-18-8-10-27-21-7-6-16(15-23)12-20(21)22(17)18/h6-7,12-14,23H,4-5,8-11,15H2,1-3H3,(H,24,25). The Kier molecular flexibility index (Phi) is 5.84. The molecule has 0 radical (unpaired) electrons. The number of aryl methyl sites for hydroxylation is 1. The van der Waals surface area contributed by atoms with Crippen molar-refractivity contribution in [1.29, 1.82) is 0 Å². The summed E-state index contributed by atoms with van der Waals surface area (Å²) in [5, 5.41) is 9.53. The van der Waals surface area contributed by atoms with Gasteiger partial charge in [0.15, 0.2) is 0 Å². The predicted octanol–water partition coefficient (Wildman–Crippen LogP) is 3.66. The first-order valence-electron chi connectivity index (χ1n) is 9.67. The van der Waals surface area contributed by atoms with Crippen molar-refractivity contribution in [3.63, 3.8) is 0 Å². The Morgan fingerprint density at radius 1 is 1.21 bits per heavy atom. The zero-order chi connectivity index (χ0) is 20.4. The SMILES string of the molecule is CCc1cc(OCCCS(C)(C)(=O)O)cc2c1-c1cc(CO)ccc1OCC2. The molecule has 0 spiro atoms.